The highest BCUT2D eigenvalue weighted by molar-refractivity contribution is 14.0. The van der Waals surface area contributed by atoms with E-state index in [1.165, 1.54) is 18.4 Å². The van der Waals surface area contributed by atoms with Crippen LogP contribution in [0.15, 0.2) is 15.5 Å². The monoisotopic (exact) mass is 517 g/mol. The molecule has 1 unspecified atom stereocenters. The average Bonchev–Trinajstić information content (AvgIpc) is 3.13. The lowest BCUT2D eigenvalue weighted by Gasteiger charge is -2.18. The van der Waals surface area contributed by atoms with Gasteiger partial charge in [0.05, 0.1) is 12.8 Å². The molecule has 0 fully saturated rings. The summed E-state index contributed by atoms with van der Waals surface area (Å²) >= 11 is 0. The Labute approximate surface area is 189 Å². The number of hydrogen-bond donors (Lipinski definition) is 2. The third kappa shape index (κ3) is 6.48. The molecule has 0 amide bonds. The van der Waals surface area contributed by atoms with Crippen LogP contribution in [-0.2, 0) is 24.8 Å². The van der Waals surface area contributed by atoms with Crippen LogP contribution < -0.4 is 10.6 Å². The molecule has 0 saturated carbocycles. The molecule has 2 N–H and O–H groups in total. The Hall–Kier alpha value is -2.04. The summed E-state index contributed by atoms with van der Waals surface area (Å²) in [5, 5.41) is 11.1. The zero-order chi connectivity index (χ0) is 20.8. The first-order valence-corrected chi connectivity index (χ1v) is 9.48. The molecule has 2 aromatic rings. The number of hydrogen-bond acceptors (Lipinski definition) is 5. The first-order valence-electron chi connectivity index (χ1n) is 9.48. The van der Waals surface area contributed by atoms with E-state index in [1.54, 1.807) is 13.0 Å². The number of carbonyl (C=O) groups excluding carboxylic acids is 1. The molecule has 2 rings (SSSR count). The second-order valence-electron chi connectivity index (χ2n) is 6.89. The fourth-order valence-corrected chi connectivity index (χ4v) is 3.11. The number of aryl methyl sites for hydroxylation is 3. The van der Waals surface area contributed by atoms with Crippen molar-refractivity contribution in [3.63, 3.8) is 0 Å². The molecule has 0 aliphatic carbocycles. The van der Waals surface area contributed by atoms with E-state index in [-0.39, 0.29) is 30.0 Å². The molecule has 0 spiro atoms. The van der Waals surface area contributed by atoms with E-state index in [4.69, 9.17) is 9.15 Å². The third-order valence-electron chi connectivity index (χ3n) is 4.66. The maximum absolute atomic E-state index is 11.7. The van der Waals surface area contributed by atoms with Crippen LogP contribution in [0.2, 0.25) is 0 Å². The number of furan rings is 1. The van der Waals surface area contributed by atoms with Gasteiger partial charge >= 0.3 is 5.97 Å². The third-order valence-corrected chi connectivity index (χ3v) is 4.66. The van der Waals surface area contributed by atoms with Gasteiger partial charge in [0.15, 0.2) is 5.96 Å². The minimum absolute atomic E-state index is 0. The predicted octanol–water partition coefficient (Wildman–Crippen LogP) is 3.03. The minimum atomic E-state index is -0.405. The molecule has 0 aliphatic heterocycles. The van der Waals surface area contributed by atoms with Gasteiger partial charge in [0.2, 0.25) is 0 Å². The molecule has 29 heavy (non-hydrogen) atoms. The van der Waals surface area contributed by atoms with Crippen molar-refractivity contribution in [3.8, 4) is 0 Å². The van der Waals surface area contributed by atoms with E-state index in [2.05, 4.69) is 34.6 Å². The number of methoxy groups -OCH3 is 1. The number of nitrogens with one attached hydrogen (secondary N) is 2. The SMILES string of the molecule is CCNC(=NCc1cc(C(=O)OC)c(C)o1)NC(C)Cc1c(C)nn(C)c1C.I. The first-order chi connectivity index (χ1) is 13.3. The summed E-state index contributed by atoms with van der Waals surface area (Å²) < 4.78 is 12.3. The maximum Gasteiger partial charge on any atom is 0.341 e. The molecule has 9 heteroatoms. The van der Waals surface area contributed by atoms with Crippen LogP contribution in [0.4, 0.5) is 0 Å². The predicted molar refractivity (Wildman–Crippen MR) is 124 cm³/mol. The highest BCUT2D eigenvalue weighted by atomic mass is 127. The Bertz CT molecular complexity index is 857. The fourth-order valence-electron chi connectivity index (χ4n) is 3.11. The quantitative estimate of drug-likeness (QED) is 0.254. The van der Waals surface area contributed by atoms with Gasteiger partial charge in [-0.3, -0.25) is 4.68 Å². The van der Waals surface area contributed by atoms with Crippen molar-refractivity contribution in [1.82, 2.24) is 20.4 Å². The van der Waals surface area contributed by atoms with Crippen LogP contribution in [0.3, 0.4) is 0 Å². The Morgan fingerprint density at radius 2 is 2.07 bits per heavy atom. The van der Waals surface area contributed by atoms with E-state index >= 15 is 0 Å². The maximum atomic E-state index is 11.7. The Morgan fingerprint density at radius 3 is 2.62 bits per heavy atom. The lowest BCUT2D eigenvalue weighted by Crippen LogP contribution is -2.43. The molecule has 0 radical (unpaired) electrons. The van der Waals surface area contributed by atoms with E-state index in [9.17, 15) is 4.79 Å². The standard InChI is InChI=1S/C20H31N5O3.HI/c1-8-21-20(22-11-16-10-18(15(5)28-16)19(26)27-7)23-12(2)9-17-13(3)24-25(6)14(17)4;/h10,12H,8-9,11H2,1-7H3,(H2,21,22,23);1H. The van der Waals surface area contributed by atoms with Crippen molar-refractivity contribution in [2.24, 2.45) is 12.0 Å². The van der Waals surface area contributed by atoms with E-state index < -0.39 is 5.97 Å². The highest BCUT2D eigenvalue weighted by Crippen LogP contribution is 2.17. The Morgan fingerprint density at radius 1 is 1.38 bits per heavy atom. The summed E-state index contributed by atoms with van der Waals surface area (Å²) in [5.74, 6) is 1.44. The van der Waals surface area contributed by atoms with Crippen LogP contribution >= 0.6 is 24.0 Å². The molecule has 0 aliphatic rings. The molecule has 0 bridgehead atoms. The molecular formula is C20H32IN5O3. The molecular weight excluding hydrogens is 485 g/mol. The molecule has 2 heterocycles. The summed E-state index contributed by atoms with van der Waals surface area (Å²) in [6.45, 7) is 11.1. The molecule has 162 valence electrons. The van der Waals surface area contributed by atoms with Crippen LogP contribution in [0.5, 0.6) is 0 Å². The van der Waals surface area contributed by atoms with Crippen LogP contribution in [0, 0.1) is 20.8 Å². The number of aliphatic imine (C=N–C) groups is 1. The van der Waals surface area contributed by atoms with Crippen molar-refractivity contribution >= 4 is 35.9 Å². The van der Waals surface area contributed by atoms with Gasteiger partial charge in [-0.05, 0) is 52.7 Å². The highest BCUT2D eigenvalue weighted by Gasteiger charge is 2.16. The lowest BCUT2D eigenvalue weighted by atomic mass is 10.1. The number of rotatable bonds is 7. The number of carbonyl (C=O) groups is 1. The van der Waals surface area contributed by atoms with Gasteiger partial charge in [-0.15, -0.1) is 24.0 Å². The van der Waals surface area contributed by atoms with Gasteiger partial charge in [-0.25, -0.2) is 9.79 Å². The van der Waals surface area contributed by atoms with E-state index in [0.29, 0.717) is 29.6 Å². The van der Waals surface area contributed by atoms with Crippen molar-refractivity contribution in [2.75, 3.05) is 13.7 Å². The van der Waals surface area contributed by atoms with Crippen molar-refractivity contribution in [2.45, 2.75) is 53.6 Å². The van der Waals surface area contributed by atoms with E-state index in [0.717, 1.165) is 18.7 Å². The lowest BCUT2D eigenvalue weighted by molar-refractivity contribution is 0.0599. The molecule has 8 nitrogen and oxygen atoms in total. The zero-order valence-corrected chi connectivity index (χ0v) is 20.6. The van der Waals surface area contributed by atoms with Crippen molar-refractivity contribution < 1.29 is 13.9 Å². The second kappa shape index (κ2) is 11.2. The van der Waals surface area contributed by atoms with Crippen molar-refractivity contribution in [3.05, 3.63) is 40.1 Å². The minimum Gasteiger partial charge on any atom is -0.465 e. The summed E-state index contributed by atoms with van der Waals surface area (Å²) in [5.41, 5.74) is 3.91. The average molecular weight is 517 g/mol. The topological polar surface area (TPSA) is 93.7 Å². The van der Waals surface area contributed by atoms with Gasteiger partial charge in [0.25, 0.3) is 0 Å². The Kier molecular flexibility index (Phi) is 9.67. The van der Waals surface area contributed by atoms with Gasteiger partial charge < -0.3 is 19.8 Å². The number of ether oxygens (including phenoxy) is 1. The first kappa shape index (κ1) is 25.0. The smallest absolute Gasteiger partial charge is 0.341 e. The molecule has 0 saturated heterocycles. The number of guanidine groups is 1. The summed E-state index contributed by atoms with van der Waals surface area (Å²) in [7, 11) is 3.32. The largest absolute Gasteiger partial charge is 0.465 e. The summed E-state index contributed by atoms with van der Waals surface area (Å²) in [4.78, 5) is 16.3. The molecule has 1 atom stereocenters. The Balaban J connectivity index is 0.00000420. The van der Waals surface area contributed by atoms with Gasteiger partial charge in [-0.2, -0.15) is 5.10 Å². The molecule has 0 aromatic carbocycles. The van der Waals surface area contributed by atoms with Gasteiger partial charge in [-0.1, -0.05) is 0 Å². The van der Waals surface area contributed by atoms with Crippen LogP contribution in [-0.4, -0.2) is 41.4 Å². The fraction of sp³-hybridized carbons (Fsp3) is 0.550. The van der Waals surface area contributed by atoms with Crippen LogP contribution in [0.1, 0.15) is 52.7 Å². The number of halogens is 1. The van der Waals surface area contributed by atoms with Gasteiger partial charge in [0.1, 0.15) is 23.6 Å². The number of aromatic nitrogens is 2. The second-order valence-corrected chi connectivity index (χ2v) is 6.89. The molecule has 2 aromatic heterocycles. The normalized spacial score (nSPS) is 12.3. The van der Waals surface area contributed by atoms with Crippen molar-refractivity contribution in [1.29, 1.82) is 0 Å². The zero-order valence-electron chi connectivity index (χ0n) is 18.3. The summed E-state index contributed by atoms with van der Waals surface area (Å²) in [6, 6.07) is 1.85. The number of esters is 1. The van der Waals surface area contributed by atoms with E-state index in [1.807, 2.05) is 25.6 Å². The van der Waals surface area contributed by atoms with Crippen LogP contribution in [0.25, 0.3) is 0 Å². The van der Waals surface area contributed by atoms with Gasteiger partial charge in [0, 0.05) is 25.3 Å². The summed E-state index contributed by atoms with van der Waals surface area (Å²) in [6.07, 6.45) is 0.849. The number of nitrogens with zero attached hydrogens (tertiary/aromatic N) is 3.